The van der Waals surface area contributed by atoms with Gasteiger partial charge in [-0.05, 0) is 48.6 Å². The number of nitrogens with one attached hydrogen (secondary N) is 2. The minimum absolute atomic E-state index is 0.00277. The van der Waals surface area contributed by atoms with E-state index in [9.17, 15) is 37.8 Å². The Bertz CT molecular complexity index is 2190. The van der Waals surface area contributed by atoms with Crippen molar-refractivity contribution >= 4 is 46.5 Å². The second kappa shape index (κ2) is 19.2. The number of hydrogen-bond acceptors (Lipinski definition) is 13. The van der Waals surface area contributed by atoms with Crippen molar-refractivity contribution in [1.82, 2.24) is 35.6 Å². The molecular weight excluding hydrogens is 820 g/mol. The Hall–Kier alpha value is -5.86. The van der Waals surface area contributed by atoms with Crippen LogP contribution in [0.5, 0.6) is 5.75 Å². The molecule has 4 heterocycles. The van der Waals surface area contributed by atoms with Crippen molar-refractivity contribution in [3.05, 3.63) is 71.4 Å². The molecule has 3 amide bonds. The first-order chi connectivity index (χ1) is 28.6. The third kappa shape index (κ3) is 11.7. The number of amides is 3. The molecular formula is C41H50F3N9O7S. The highest BCUT2D eigenvalue weighted by Gasteiger charge is 2.45. The number of carbonyl (C=O) groups is 4. The number of nitrogen functional groups attached to an aromatic ring is 1. The van der Waals surface area contributed by atoms with Gasteiger partial charge >= 0.3 is 12.1 Å². The quantitative estimate of drug-likeness (QED) is 0.133. The van der Waals surface area contributed by atoms with Crippen molar-refractivity contribution in [3.8, 4) is 27.4 Å². The molecule has 4 aromatic rings. The van der Waals surface area contributed by atoms with Gasteiger partial charge in [-0.3, -0.25) is 19.3 Å². The summed E-state index contributed by atoms with van der Waals surface area (Å²) in [5, 5.41) is 42.4. The van der Waals surface area contributed by atoms with Gasteiger partial charge in [0.05, 0.1) is 46.2 Å². The van der Waals surface area contributed by atoms with E-state index in [1.165, 1.54) is 4.90 Å². The summed E-state index contributed by atoms with van der Waals surface area (Å²) < 4.78 is 31.7. The first-order valence-electron chi connectivity index (χ1n) is 19.4. The zero-order valence-corrected chi connectivity index (χ0v) is 35.1. The zero-order valence-electron chi connectivity index (χ0n) is 34.3. The number of β-amino-alcohol motifs (C(OH)–C–C–N with tert-alkyl or cyclic N) is 1. The summed E-state index contributed by atoms with van der Waals surface area (Å²) >= 11 is 1.58. The number of likely N-dealkylation sites (tertiary alicyclic amines) is 1. The number of thiazole rings is 1. The average Bonchev–Trinajstić information content (AvgIpc) is 3.82. The molecule has 20 heteroatoms. The van der Waals surface area contributed by atoms with Gasteiger partial charge in [0.2, 0.25) is 17.7 Å². The predicted octanol–water partition coefficient (Wildman–Crippen LogP) is 3.99. The molecule has 0 saturated carbocycles. The predicted molar refractivity (Wildman–Crippen MR) is 222 cm³/mol. The lowest BCUT2D eigenvalue weighted by molar-refractivity contribution is -0.192. The number of anilines is 2. The monoisotopic (exact) mass is 869 g/mol. The van der Waals surface area contributed by atoms with E-state index in [0.29, 0.717) is 43.1 Å². The SMILES string of the molecule is Cc1ncsc1-c1ccc([C@H](C)NC(=O)[C@@H]2C[C@@H](O)CN2C(=O)[C@@H](NC(=O)CN2CCN(c3cc(-c4ccccc4O)nnc3N)CC2)C(C)(C)C)cc1.O=C(O)C(F)(F)F. The number of nitrogens with two attached hydrogens (primary N) is 1. The molecule has 2 aliphatic rings. The highest BCUT2D eigenvalue weighted by molar-refractivity contribution is 7.13. The summed E-state index contributed by atoms with van der Waals surface area (Å²) in [6.45, 7) is 11.8. The fourth-order valence-corrected chi connectivity index (χ4v) is 7.85. The second-order valence-corrected chi connectivity index (χ2v) is 16.8. The Morgan fingerprint density at radius 2 is 1.62 bits per heavy atom. The van der Waals surface area contributed by atoms with Gasteiger partial charge in [-0.1, -0.05) is 57.2 Å². The van der Waals surface area contributed by atoms with Gasteiger partial charge in [-0.15, -0.1) is 21.5 Å². The lowest BCUT2D eigenvalue weighted by Gasteiger charge is -2.38. The van der Waals surface area contributed by atoms with Crippen LogP contribution in [0.3, 0.4) is 0 Å². The normalized spacial score (nSPS) is 18.1. The van der Waals surface area contributed by atoms with E-state index in [1.807, 2.05) is 81.4 Å². The van der Waals surface area contributed by atoms with E-state index in [1.54, 1.807) is 29.5 Å². The Kier molecular flexibility index (Phi) is 14.6. The van der Waals surface area contributed by atoms with E-state index in [0.717, 1.165) is 21.7 Å². The summed E-state index contributed by atoms with van der Waals surface area (Å²) in [5.41, 5.74) is 12.0. The summed E-state index contributed by atoms with van der Waals surface area (Å²) in [6.07, 6.45) is -5.84. The molecule has 2 saturated heterocycles. The van der Waals surface area contributed by atoms with Gasteiger partial charge in [0.25, 0.3) is 0 Å². The number of carbonyl (C=O) groups excluding carboxylic acids is 3. The van der Waals surface area contributed by atoms with Gasteiger partial charge in [-0.2, -0.15) is 13.2 Å². The maximum Gasteiger partial charge on any atom is 0.490 e. The van der Waals surface area contributed by atoms with Gasteiger partial charge in [-0.25, -0.2) is 9.78 Å². The van der Waals surface area contributed by atoms with Crippen LogP contribution in [0.4, 0.5) is 24.7 Å². The molecule has 0 aliphatic carbocycles. The molecule has 6 rings (SSSR count). The average molecular weight is 870 g/mol. The number of hydrogen-bond donors (Lipinski definition) is 6. The molecule has 61 heavy (non-hydrogen) atoms. The summed E-state index contributed by atoms with van der Waals surface area (Å²) in [4.78, 5) is 61.1. The fourth-order valence-electron chi connectivity index (χ4n) is 7.04. The van der Waals surface area contributed by atoms with Crippen molar-refractivity contribution in [2.45, 2.75) is 71.4 Å². The number of phenolic OH excluding ortho intramolecular Hbond substituents is 1. The third-order valence-electron chi connectivity index (χ3n) is 10.4. The molecule has 16 nitrogen and oxygen atoms in total. The lowest BCUT2D eigenvalue weighted by Crippen LogP contribution is -2.59. The molecule has 4 atom stereocenters. The minimum atomic E-state index is -5.08. The number of aliphatic hydroxyl groups excluding tert-OH is 1. The number of rotatable bonds is 10. The van der Waals surface area contributed by atoms with Gasteiger partial charge in [0, 0.05) is 44.7 Å². The molecule has 0 spiro atoms. The Morgan fingerprint density at radius 1 is 0.984 bits per heavy atom. The molecule has 2 fully saturated rings. The largest absolute Gasteiger partial charge is 0.507 e. The van der Waals surface area contributed by atoms with Crippen LogP contribution in [0.25, 0.3) is 21.7 Å². The van der Waals surface area contributed by atoms with E-state index in [4.69, 9.17) is 15.6 Å². The number of aromatic hydroxyl groups is 1. The summed E-state index contributed by atoms with van der Waals surface area (Å²) in [5.74, 6) is -3.46. The third-order valence-corrected chi connectivity index (χ3v) is 11.3. The first-order valence-corrected chi connectivity index (χ1v) is 20.3. The molecule has 2 aromatic heterocycles. The summed E-state index contributed by atoms with van der Waals surface area (Å²) in [7, 11) is 0. The van der Waals surface area contributed by atoms with E-state index in [-0.39, 0.29) is 48.9 Å². The molecule has 2 aromatic carbocycles. The minimum Gasteiger partial charge on any atom is -0.507 e. The van der Waals surface area contributed by atoms with Crippen molar-refractivity contribution < 1.29 is 47.7 Å². The number of carboxylic acid groups (broad SMARTS) is 1. The van der Waals surface area contributed by atoms with Gasteiger partial charge < -0.3 is 41.5 Å². The number of carboxylic acids is 1. The standard InChI is InChI=1S/C39H49N9O5S.C2HF3O2/c1-23(25-10-12-26(13-11-25)34-24(2)41-22-54-34)42-37(52)31-18-27(49)20-48(31)38(53)35(39(3,4)5)43-33(51)21-46-14-16-47(17-15-46)30-19-29(44-45-36(30)40)28-8-6-7-9-32(28)50;3-2(4,5)1(6)7/h6-13,19,22-23,27,31,35,49-50H,14-18,20-21H2,1-5H3,(H2,40,45)(H,42,52)(H,43,51);(H,6,7)/t23-,27+,31-,35+;/m0./s1. The number of para-hydroxylation sites is 1. The lowest BCUT2D eigenvalue weighted by atomic mass is 9.85. The topological polar surface area (TPSA) is 227 Å². The maximum atomic E-state index is 14.2. The van der Waals surface area contributed by atoms with Crippen molar-refractivity contribution in [1.29, 1.82) is 0 Å². The number of nitrogens with zero attached hydrogens (tertiary/aromatic N) is 6. The zero-order chi connectivity index (χ0) is 44.8. The number of aliphatic hydroxyl groups is 1. The molecule has 7 N–H and O–H groups in total. The molecule has 0 bridgehead atoms. The Morgan fingerprint density at radius 3 is 2.20 bits per heavy atom. The fraction of sp³-hybridized carbons (Fsp3) is 0.439. The van der Waals surface area contributed by atoms with Gasteiger partial charge in [0.15, 0.2) is 5.82 Å². The van der Waals surface area contributed by atoms with Crippen LogP contribution >= 0.6 is 11.3 Å². The van der Waals surface area contributed by atoms with Crippen molar-refractivity contribution in [3.63, 3.8) is 0 Å². The molecule has 328 valence electrons. The van der Waals surface area contributed by atoms with E-state index >= 15 is 0 Å². The van der Waals surface area contributed by atoms with Crippen LogP contribution in [-0.4, -0.2) is 128 Å². The van der Waals surface area contributed by atoms with Crippen LogP contribution < -0.4 is 21.3 Å². The molecule has 0 radical (unpaired) electrons. The maximum absolute atomic E-state index is 14.2. The first kappa shape index (κ1) is 46.2. The van der Waals surface area contributed by atoms with Crippen LogP contribution in [0.2, 0.25) is 0 Å². The van der Waals surface area contributed by atoms with Crippen molar-refractivity contribution in [2.75, 3.05) is 49.9 Å². The Balaban J connectivity index is 0.000000925. The number of aryl methyl sites for hydroxylation is 1. The number of benzene rings is 2. The van der Waals surface area contributed by atoms with Crippen LogP contribution in [0.15, 0.2) is 60.1 Å². The van der Waals surface area contributed by atoms with Crippen LogP contribution in [0, 0.1) is 12.3 Å². The highest BCUT2D eigenvalue weighted by atomic mass is 32.1. The summed E-state index contributed by atoms with van der Waals surface area (Å²) in [6, 6.07) is 14.5. The number of halogens is 3. The van der Waals surface area contributed by atoms with E-state index in [2.05, 4.69) is 30.7 Å². The van der Waals surface area contributed by atoms with Crippen LogP contribution in [-0.2, 0) is 19.2 Å². The number of piperazine rings is 1. The number of aromatic nitrogens is 3. The smallest absolute Gasteiger partial charge is 0.490 e. The van der Waals surface area contributed by atoms with Crippen LogP contribution in [0.1, 0.15) is 51.4 Å². The number of aliphatic carboxylic acids is 1. The Labute approximate surface area is 354 Å². The highest BCUT2D eigenvalue weighted by Crippen LogP contribution is 2.33. The number of phenols is 1. The molecule has 2 aliphatic heterocycles. The second-order valence-electron chi connectivity index (χ2n) is 16.0. The van der Waals surface area contributed by atoms with Gasteiger partial charge in [0.1, 0.15) is 17.8 Å². The molecule has 0 unspecified atom stereocenters. The van der Waals surface area contributed by atoms with Crippen molar-refractivity contribution in [2.24, 2.45) is 5.41 Å². The van der Waals surface area contributed by atoms with E-state index < -0.39 is 41.7 Å². The number of alkyl halides is 3.